The second-order valence-electron chi connectivity index (χ2n) is 7.87. The van der Waals surface area contributed by atoms with Crippen LogP contribution < -0.4 is 0 Å². The fourth-order valence-corrected chi connectivity index (χ4v) is 5.29. The van der Waals surface area contributed by atoms with Crippen molar-refractivity contribution in [2.75, 3.05) is 39.3 Å². The molecule has 0 aromatic heterocycles. The summed E-state index contributed by atoms with van der Waals surface area (Å²) in [6, 6.07) is 7.01. The first kappa shape index (κ1) is 20.3. The molecular formula is C20H31N3O3S. The number of piperazine rings is 1. The second-order valence-corrected chi connectivity index (χ2v) is 9.81. The Morgan fingerprint density at radius 3 is 1.96 bits per heavy atom. The first-order valence-electron chi connectivity index (χ1n) is 9.93. The summed E-state index contributed by atoms with van der Waals surface area (Å²) >= 11 is 0. The van der Waals surface area contributed by atoms with E-state index in [4.69, 9.17) is 0 Å². The van der Waals surface area contributed by atoms with Gasteiger partial charge in [0.2, 0.25) is 15.9 Å². The molecule has 2 fully saturated rings. The summed E-state index contributed by atoms with van der Waals surface area (Å²) in [5.41, 5.74) is 1.13. The number of benzene rings is 1. The Morgan fingerprint density at radius 1 is 0.889 bits per heavy atom. The Bertz CT molecular complexity index is 747. The molecule has 0 N–H and O–H groups in total. The maximum atomic E-state index is 12.9. The molecule has 2 aliphatic heterocycles. The van der Waals surface area contributed by atoms with Gasteiger partial charge in [-0.25, -0.2) is 8.42 Å². The van der Waals surface area contributed by atoms with Gasteiger partial charge in [0.1, 0.15) is 0 Å². The summed E-state index contributed by atoms with van der Waals surface area (Å²) in [4.78, 5) is 17.0. The predicted octanol–water partition coefficient (Wildman–Crippen LogP) is 2.13. The summed E-state index contributed by atoms with van der Waals surface area (Å²) in [7, 11) is -3.48. The standard InChI is InChI=1S/C20H31N3O3S/c1-16(2)18-6-8-19(9-7-18)27(25,26)23-14-12-21(13-15-23)17(3)20(24)22-10-4-5-11-22/h6-9,16-17H,4-5,10-15H2,1-3H3/t17-/m1/s1. The highest BCUT2D eigenvalue weighted by Crippen LogP contribution is 2.22. The van der Waals surface area contributed by atoms with Gasteiger partial charge in [0, 0.05) is 39.3 Å². The lowest BCUT2D eigenvalue weighted by Gasteiger charge is -2.37. The molecule has 150 valence electrons. The van der Waals surface area contributed by atoms with Crippen LogP contribution in [0.1, 0.15) is 45.1 Å². The van der Waals surface area contributed by atoms with Crippen LogP contribution in [0.25, 0.3) is 0 Å². The highest BCUT2D eigenvalue weighted by atomic mass is 32.2. The highest BCUT2D eigenvalue weighted by molar-refractivity contribution is 7.89. The topological polar surface area (TPSA) is 60.9 Å². The van der Waals surface area contributed by atoms with Gasteiger partial charge in [-0.3, -0.25) is 9.69 Å². The smallest absolute Gasteiger partial charge is 0.243 e. The zero-order chi connectivity index (χ0) is 19.6. The van der Waals surface area contributed by atoms with Crippen LogP contribution in [-0.4, -0.2) is 73.7 Å². The lowest BCUT2D eigenvalue weighted by atomic mass is 10.0. The molecule has 0 unspecified atom stereocenters. The predicted molar refractivity (Wildman–Crippen MR) is 106 cm³/mol. The summed E-state index contributed by atoms with van der Waals surface area (Å²) < 4.78 is 27.4. The molecule has 1 amide bonds. The molecule has 0 aliphatic carbocycles. The van der Waals surface area contributed by atoms with Crippen molar-refractivity contribution in [2.24, 2.45) is 0 Å². The Hall–Kier alpha value is -1.44. The van der Waals surface area contributed by atoms with Gasteiger partial charge in [0.05, 0.1) is 10.9 Å². The third-order valence-corrected chi connectivity index (χ3v) is 7.69. The molecule has 0 bridgehead atoms. The molecule has 27 heavy (non-hydrogen) atoms. The van der Waals surface area contributed by atoms with E-state index in [0.29, 0.717) is 37.0 Å². The SMILES string of the molecule is CC(C)c1ccc(S(=O)(=O)N2CCN([C@H](C)C(=O)N3CCCC3)CC2)cc1. The Labute approximate surface area is 163 Å². The zero-order valence-electron chi connectivity index (χ0n) is 16.6. The molecule has 6 nitrogen and oxygen atoms in total. The van der Waals surface area contributed by atoms with Crippen molar-refractivity contribution in [2.45, 2.75) is 50.5 Å². The molecule has 0 saturated carbocycles. The number of carbonyl (C=O) groups is 1. The minimum Gasteiger partial charge on any atom is -0.341 e. The van der Waals surface area contributed by atoms with E-state index < -0.39 is 10.0 Å². The number of hydrogen-bond acceptors (Lipinski definition) is 4. The van der Waals surface area contributed by atoms with Crippen LogP contribution in [0.2, 0.25) is 0 Å². The van der Waals surface area contributed by atoms with Crippen molar-refractivity contribution in [3.63, 3.8) is 0 Å². The van der Waals surface area contributed by atoms with E-state index in [2.05, 4.69) is 18.7 Å². The first-order chi connectivity index (χ1) is 12.8. The molecule has 3 rings (SSSR count). The fourth-order valence-electron chi connectivity index (χ4n) is 3.86. The van der Waals surface area contributed by atoms with Crippen LogP contribution in [0, 0.1) is 0 Å². The number of rotatable bonds is 5. The maximum absolute atomic E-state index is 12.9. The summed E-state index contributed by atoms with van der Waals surface area (Å²) in [5.74, 6) is 0.549. The van der Waals surface area contributed by atoms with E-state index in [1.807, 2.05) is 24.0 Å². The molecule has 1 aromatic carbocycles. The number of carbonyl (C=O) groups excluding carboxylic acids is 1. The van der Waals surface area contributed by atoms with Crippen LogP contribution >= 0.6 is 0 Å². The van der Waals surface area contributed by atoms with Crippen LogP contribution in [0.5, 0.6) is 0 Å². The lowest BCUT2D eigenvalue weighted by molar-refractivity contribution is -0.135. The van der Waals surface area contributed by atoms with E-state index in [1.165, 1.54) is 0 Å². The van der Waals surface area contributed by atoms with Gasteiger partial charge < -0.3 is 4.90 Å². The van der Waals surface area contributed by atoms with Crippen molar-refractivity contribution >= 4 is 15.9 Å². The molecule has 2 saturated heterocycles. The molecule has 0 radical (unpaired) electrons. The second kappa shape index (κ2) is 8.29. The average molecular weight is 394 g/mol. The van der Waals surface area contributed by atoms with Gasteiger partial charge >= 0.3 is 0 Å². The van der Waals surface area contributed by atoms with Crippen LogP contribution in [0.3, 0.4) is 0 Å². The summed E-state index contributed by atoms with van der Waals surface area (Å²) in [5, 5.41) is 0. The quantitative estimate of drug-likeness (QED) is 0.769. The van der Waals surface area contributed by atoms with Crippen LogP contribution in [-0.2, 0) is 14.8 Å². The van der Waals surface area contributed by atoms with Crippen molar-refractivity contribution in [1.82, 2.24) is 14.1 Å². The largest absolute Gasteiger partial charge is 0.341 e. The Balaban J connectivity index is 1.61. The maximum Gasteiger partial charge on any atom is 0.243 e. The normalized spacial score (nSPS) is 21.0. The minimum atomic E-state index is -3.48. The number of likely N-dealkylation sites (tertiary alicyclic amines) is 1. The van der Waals surface area contributed by atoms with Gasteiger partial charge in [-0.15, -0.1) is 0 Å². The molecule has 2 aliphatic rings. The van der Waals surface area contributed by atoms with E-state index in [9.17, 15) is 13.2 Å². The third kappa shape index (κ3) is 4.36. The average Bonchev–Trinajstić information content (AvgIpc) is 3.21. The van der Waals surface area contributed by atoms with Gasteiger partial charge in [-0.1, -0.05) is 26.0 Å². The highest BCUT2D eigenvalue weighted by Gasteiger charge is 2.33. The van der Waals surface area contributed by atoms with Crippen molar-refractivity contribution in [3.8, 4) is 0 Å². The molecule has 0 spiro atoms. The van der Waals surface area contributed by atoms with E-state index in [1.54, 1.807) is 16.4 Å². The molecular weight excluding hydrogens is 362 g/mol. The Kier molecular flexibility index (Phi) is 6.23. The number of amides is 1. The van der Waals surface area contributed by atoms with E-state index >= 15 is 0 Å². The van der Waals surface area contributed by atoms with Gasteiger partial charge in [-0.05, 0) is 43.4 Å². The van der Waals surface area contributed by atoms with Crippen molar-refractivity contribution in [1.29, 1.82) is 0 Å². The number of nitrogens with zero attached hydrogens (tertiary/aromatic N) is 3. The van der Waals surface area contributed by atoms with Crippen LogP contribution in [0.15, 0.2) is 29.2 Å². The van der Waals surface area contributed by atoms with E-state index in [0.717, 1.165) is 31.5 Å². The fraction of sp³-hybridized carbons (Fsp3) is 0.650. The summed E-state index contributed by atoms with van der Waals surface area (Å²) in [6.45, 7) is 9.84. The minimum absolute atomic E-state index is 0.174. The number of hydrogen-bond donors (Lipinski definition) is 0. The molecule has 7 heteroatoms. The lowest BCUT2D eigenvalue weighted by Crippen LogP contribution is -2.55. The molecule has 1 aromatic rings. The van der Waals surface area contributed by atoms with Crippen molar-refractivity contribution < 1.29 is 13.2 Å². The number of sulfonamides is 1. The van der Waals surface area contributed by atoms with E-state index in [-0.39, 0.29) is 11.9 Å². The Morgan fingerprint density at radius 2 is 1.44 bits per heavy atom. The molecule has 2 heterocycles. The summed E-state index contributed by atoms with van der Waals surface area (Å²) in [6.07, 6.45) is 2.17. The van der Waals surface area contributed by atoms with Gasteiger partial charge in [0.25, 0.3) is 0 Å². The monoisotopic (exact) mass is 393 g/mol. The molecule has 1 atom stereocenters. The van der Waals surface area contributed by atoms with Crippen molar-refractivity contribution in [3.05, 3.63) is 29.8 Å². The van der Waals surface area contributed by atoms with Crippen LogP contribution in [0.4, 0.5) is 0 Å². The third-order valence-electron chi connectivity index (χ3n) is 5.78. The first-order valence-corrected chi connectivity index (χ1v) is 11.4. The zero-order valence-corrected chi connectivity index (χ0v) is 17.4. The van der Waals surface area contributed by atoms with Gasteiger partial charge in [0.15, 0.2) is 0 Å². The van der Waals surface area contributed by atoms with Gasteiger partial charge in [-0.2, -0.15) is 4.31 Å².